The smallest absolute Gasteiger partial charge is 0.213 e. The van der Waals surface area contributed by atoms with E-state index < -0.39 is 10.0 Å². The van der Waals surface area contributed by atoms with Crippen LogP contribution in [0.25, 0.3) is 0 Å². The second kappa shape index (κ2) is 5.15. The van der Waals surface area contributed by atoms with Crippen LogP contribution < -0.4 is 10.5 Å². The fourth-order valence-corrected chi connectivity index (χ4v) is 1.74. The van der Waals surface area contributed by atoms with Gasteiger partial charge in [0.15, 0.2) is 0 Å². The van der Waals surface area contributed by atoms with Gasteiger partial charge in [-0.1, -0.05) is 0 Å². The fraction of sp³-hybridized carbons (Fsp3) is 0.500. The topological polar surface area (TPSA) is 98.0 Å². The maximum absolute atomic E-state index is 11.2. The number of nitrogens with zero attached hydrogens (tertiary/aromatic N) is 2. The molecule has 0 aliphatic heterocycles. The minimum Gasteiger partial charge on any atom is -0.329 e. The zero-order chi connectivity index (χ0) is 11.3. The molecule has 1 aromatic heterocycles. The molecule has 6 nitrogen and oxygen atoms in total. The first-order valence-electron chi connectivity index (χ1n) is 4.48. The molecular formula is C8H14N4O2S. The summed E-state index contributed by atoms with van der Waals surface area (Å²) in [7, 11) is -3.28. The lowest BCUT2D eigenvalue weighted by Crippen LogP contribution is -2.29. The highest BCUT2D eigenvalue weighted by Gasteiger charge is 2.08. The Balaban J connectivity index is 2.54. The van der Waals surface area contributed by atoms with Gasteiger partial charge in [-0.05, 0) is 6.92 Å². The van der Waals surface area contributed by atoms with E-state index in [0.29, 0.717) is 5.69 Å². The van der Waals surface area contributed by atoms with Gasteiger partial charge in [-0.25, -0.2) is 13.1 Å². The van der Waals surface area contributed by atoms with E-state index in [4.69, 9.17) is 5.73 Å². The number of nitrogens with two attached hydrogens (primary N) is 1. The third-order valence-corrected chi connectivity index (χ3v) is 3.05. The van der Waals surface area contributed by atoms with E-state index in [1.165, 1.54) is 0 Å². The predicted octanol–water partition coefficient (Wildman–Crippen LogP) is -0.837. The van der Waals surface area contributed by atoms with Gasteiger partial charge in [0.25, 0.3) is 0 Å². The third-order valence-electron chi connectivity index (χ3n) is 1.69. The first-order chi connectivity index (χ1) is 7.03. The number of rotatable bonds is 5. The van der Waals surface area contributed by atoms with Crippen LogP contribution in [0.4, 0.5) is 0 Å². The van der Waals surface area contributed by atoms with Crippen molar-refractivity contribution in [2.24, 2.45) is 5.73 Å². The first kappa shape index (κ1) is 12.0. The lowest BCUT2D eigenvalue weighted by Gasteiger charge is -2.04. The van der Waals surface area contributed by atoms with Crippen molar-refractivity contribution in [3.05, 3.63) is 23.8 Å². The number of hydrogen-bond donors (Lipinski definition) is 2. The van der Waals surface area contributed by atoms with Crippen LogP contribution in [0.15, 0.2) is 12.4 Å². The Bertz CT molecular complexity index is 401. The van der Waals surface area contributed by atoms with E-state index in [2.05, 4.69) is 14.7 Å². The van der Waals surface area contributed by atoms with Gasteiger partial charge in [0.2, 0.25) is 10.0 Å². The number of aromatic nitrogens is 2. The van der Waals surface area contributed by atoms with Crippen LogP contribution in [0.2, 0.25) is 0 Å². The maximum Gasteiger partial charge on any atom is 0.213 e. The average Bonchev–Trinajstić information content (AvgIpc) is 2.17. The molecule has 1 aromatic rings. The molecule has 15 heavy (non-hydrogen) atoms. The Morgan fingerprint density at radius 2 is 2.13 bits per heavy atom. The molecule has 0 amide bonds. The van der Waals surface area contributed by atoms with Gasteiger partial charge in [0.05, 0.1) is 29.9 Å². The number of aryl methyl sites for hydroxylation is 1. The summed E-state index contributed by atoms with van der Waals surface area (Å²) in [5, 5.41) is 0. The zero-order valence-corrected chi connectivity index (χ0v) is 9.29. The van der Waals surface area contributed by atoms with Crippen molar-refractivity contribution in [3.8, 4) is 0 Å². The van der Waals surface area contributed by atoms with Gasteiger partial charge in [-0.3, -0.25) is 9.97 Å². The van der Waals surface area contributed by atoms with Crippen molar-refractivity contribution in [2.45, 2.75) is 13.5 Å². The Morgan fingerprint density at radius 1 is 1.40 bits per heavy atom. The molecule has 1 rings (SSSR count). The van der Waals surface area contributed by atoms with Crippen molar-refractivity contribution >= 4 is 10.0 Å². The molecule has 84 valence electrons. The Morgan fingerprint density at radius 3 is 2.67 bits per heavy atom. The van der Waals surface area contributed by atoms with E-state index in [1.807, 2.05) is 6.92 Å². The first-order valence-corrected chi connectivity index (χ1v) is 6.13. The van der Waals surface area contributed by atoms with Gasteiger partial charge in [-0.2, -0.15) is 0 Å². The van der Waals surface area contributed by atoms with Gasteiger partial charge in [0.1, 0.15) is 0 Å². The monoisotopic (exact) mass is 230 g/mol. The van der Waals surface area contributed by atoms with Gasteiger partial charge in [0, 0.05) is 12.7 Å². The molecule has 0 unspecified atom stereocenters. The molecule has 0 radical (unpaired) electrons. The van der Waals surface area contributed by atoms with Crippen LogP contribution in [0, 0.1) is 6.92 Å². The maximum atomic E-state index is 11.2. The Labute approximate surface area is 89.0 Å². The molecule has 3 N–H and O–H groups in total. The molecular weight excluding hydrogens is 216 g/mol. The standard InChI is InChI=1S/C8H14N4O2S/c1-7-4-11-8(5-10-7)6-12-15(13,14)3-2-9/h4-5,12H,2-3,6,9H2,1H3. The van der Waals surface area contributed by atoms with Crippen molar-refractivity contribution in [1.29, 1.82) is 0 Å². The second-order valence-electron chi connectivity index (χ2n) is 3.08. The van der Waals surface area contributed by atoms with Crippen LogP contribution in [-0.2, 0) is 16.6 Å². The summed E-state index contributed by atoms with van der Waals surface area (Å²) in [5.41, 5.74) is 6.54. The van der Waals surface area contributed by atoms with Gasteiger partial charge >= 0.3 is 0 Å². The van der Waals surface area contributed by atoms with Crippen LogP contribution >= 0.6 is 0 Å². The third kappa shape index (κ3) is 4.32. The van der Waals surface area contributed by atoms with Gasteiger partial charge < -0.3 is 5.73 Å². The highest BCUT2D eigenvalue weighted by atomic mass is 32.2. The SMILES string of the molecule is Cc1cnc(CNS(=O)(=O)CCN)cn1. The normalized spacial score (nSPS) is 11.6. The fourth-order valence-electron chi connectivity index (χ4n) is 0.922. The van der Waals surface area contributed by atoms with Crippen molar-refractivity contribution in [2.75, 3.05) is 12.3 Å². The zero-order valence-electron chi connectivity index (χ0n) is 8.47. The lowest BCUT2D eigenvalue weighted by molar-refractivity contribution is 0.580. The van der Waals surface area contributed by atoms with Crippen molar-refractivity contribution in [1.82, 2.24) is 14.7 Å². The Hall–Kier alpha value is -1.05. The summed E-state index contributed by atoms with van der Waals surface area (Å²) >= 11 is 0. The molecule has 0 spiro atoms. The number of nitrogens with one attached hydrogen (secondary N) is 1. The molecule has 0 aliphatic rings. The van der Waals surface area contributed by atoms with E-state index in [0.717, 1.165) is 5.69 Å². The quantitative estimate of drug-likeness (QED) is 0.687. The number of sulfonamides is 1. The highest BCUT2D eigenvalue weighted by Crippen LogP contribution is 1.94. The summed E-state index contributed by atoms with van der Waals surface area (Å²) in [6.45, 7) is 2.07. The minimum absolute atomic E-state index is 0.0771. The molecule has 0 saturated carbocycles. The van der Waals surface area contributed by atoms with Crippen molar-refractivity contribution < 1.29 is 8.42 Å². The van der Waals surface area contributed by atoms with Crippen LogP contribution in [-0.4, -0.2) is 30.7 Å². The van der Waals surface area contributed by atoms with Crippen LogP contribution in [0.3, 0.4) is 0 Å². The molecule has 0 aliphatic carbocycles. The largest absolute Gasteiger partial charge is 0.329 e. The molecule has 0 fully saturated rings. The predicted molar refractivity (Wildman–Crippen MR) is 56.4 cm³/mol. The molecule has 0 aromatic carbocycles. The highest BCUT2D eigenvalue weighted by molar-refractivity contribution is 7.89. The minimum atomic E-state index is -3.28. The molecule has 1 heterocycles. The molecule has 0 bridgehead atoms. The van der Waals surface area contributed by atoms with E-state index in [-0.39, 0.29) is 18.8 Å². The summed E-state index contributed by atoms with van der Waals surface area (Å²) in [6.07, 6.45) is 3.13. The molecule has 7 heteroatoms. The second-order valence-corrected chi connectivity index (χ2v) is 5.00. The summed E-state index contributed by atoms with van der Waals surface area (Å²) in [5.74, 6) is -0.0771. The van der Waals surface area contributed by atoms with Crippen LogP contribution in [0.1, 0.15) is 11.4 Å². The summed E-state index contributed by atoms with van der Waals surface area (Å²) < 4.78 is 24.8. The van der Waals surface area contributed by atoms with Crippen LogP contribution in [0.5, 0.6) is 0 Å². The van der Waals surface area contributed by atoms with E-state index >= 15 is 0 Å². The molecule has 0 atom stereocenters. The lowest BCUT2D eigenvalue weighted by atomic mass is 10.4. The Kier molecular flexibility index (Phi) is 4.13. The summed E-state index contributed by atoms with van der Waals surface area (Å²) in [6, 6.07) is 0. The van der Waals surface area contributed by atoms with E-state index in [9.17, 15) is 8.42 Å². The average molecular weight is 230 g/mol. The summed E-state index contributed by atoms with van der Waals surface area (Å²) in [4.78, 5) is 8.02. The van der Waals surface area contributed by atoms with Crippen molar-refractivity contribution in [3.63, 3.8) is 0 Å². The van der Waals surface area contributed by atoms with E-state index in [1.54, 1.807) is 12.4 Å². The molecule has 0 saturated heterocycles. The number of hydrogen-bond acceptors (Lipinski definition) is 5. The van der Waals surface area contributed by atoms with Gasteiger partial charge in [-0.15, -0.1) is 0 Å².